The quantitative estimate of drug-likeness (QED) is 0.0227. The number of aliphatic hydroxyl groups excluding tert-OH is 17. The lowest BCUT2D eigenvalue weighted by Crippen LogP contribution is -2.69. The molecule has 3 amide bonds. The molecule has 636 valence electrons. The highest BCUT2D eigenvalue weighted by Gasteiger charge is 2.58. The minimum Gasteiger partial charge on any atom is -0.394 e. The van der Waals surface area contributed by atoms with Gasteiger partial charge in [0.1, 0.15) is 140 Å². The first-order valence-electron chi connectivity index (χ1n) is 39.8. The summed E-state index contributed by atoms with van der Waals surface area (Å²) in [4.78, 5) is 38.7. The van der Waals surface area contributed by atoms with Crippen LogP contribution in [-0.2, 0) is 71.2 Å². The Morgan fingerprint density at radius 2 is 0.817 bits per heavy atom. The monoisotopic (exact) mass is 1580 g/mol. The maximum atomic E-state index is 13.5. The third-order valence-corrected chi connectivity index (χ3v) is 21.2. The van der Waals surface area contributed by atoms with E-state index in [4.69, 9.17) is 56.8 Å². The van der Waals surface area contributed by atoms with Gasteiger partial charge in [-0.3, -0.25) is 14.4 Å². The van der Waals surface area contributed by atoms with Gasteiger partial charge in [0.2, 0.25) is 17.7 Å². The first-order chi connectivity index (χ1) is 52.2. The molecule has 0 aromatic heterocycles. The van der Waals surface area contributed by atoms with Crippen molar-refractivity contribution in [3.8, 4) is 0 Å². The van der Waals surface area contributed by atoms with Crippen LogP contribution in [-0.4, -0.2) is 340 Å². The van der Waals surface area contributed by atoms with Crippen molar-refractivity contribution in [1.29, 1.82) is 0 Å². The highest BCUT2D eigenvalue weighted by Crippen LogP contribution is 2.37. The van der Waals surface area contributed by atoms with Crippen LogP contribution in [0, 0.1) is 0 Å². The van der Waals surface area contributed by atoms with Gasteiger partial charge in [-0.15, -0.1) is 0 Å². The van der Waals surface area contributed by atoms with Crippen LogP contribution < -0.4 is 16.0 Å². The van der Waals surface area contributed by atoms with Crippen molar-refractivity contribution in [3.05, 3.63) is 12.2 Å². The van der Waals surface area contributed by atoms with Crippen molar-refractivity contribution >= 4 is 17.7 Å². The van der Waals surface area contributed by atoms with Gasteiger partial charge in [0.05, 0.1) is 57.9 Å². The fourth-order valence-electron chi connectivity index (χ4n) is 14.7. The minimum absolute atomic E-state index is 0.185. The van der Waals surface area contributed by atoms with Gasteiger partial charge in [-0.1, -0.05) is 167 Å². The molecule has 6 aliphatic rings. The molecule has 0 bridgehead atoms. The van der Waals surface area contributed by atoms with E-state index in [2.05, 4.69) is 29.8 Å². The largest absolute Gasteiger partial charge is 0.394 e. The SMILES string of the molecule is CCCCCCCCCCCCC/C=C/[C@@H](O)[C@H](CO[C@@H]1OC(CO)[C@@H](O[C@@H]2OC(CO)[C@H](O[C@@H]3OC(CO)[C@H](O)[C@H](O[C@@H]4OC(CO[C@@H]5OC(CO)[C@@H](O)[C@H](O[C@H]6C(O)[C@H](O)C(C)O[C@H]6O)C5NC(C)=O)[C@H](O)[C@H](O)C4NC(C)=O)C3O)[C@H](O)C2O)[C@H](O)C1O)NC(=O)CCCCCCCCCCCCCCC. The number of allylic oxidation sites excluding steroid dienone is 1. The molecule has 0 aliphatic carbocycles. The van der Waals surface area contributed by atoms with E-state index < -0.39 is 248 Å². The molecule has 35 heteroatoms. The van der Waals surface area contributed by atoms with Gasteiger partial charge in [-0.05, 0) is 26.2 Å². The van der Waals surface area contributed by atoms with Crippen molar-refractivity contribution in [2.24, 2.45) is 0 Å². The van der Waals surface area contributed by atoms with Gasteiger partial charge in [0, 0.05) is 20.3 Å². The first-order valence-corrected chi connectivity index (χ1v) is 39.8. The molecule has 0 spiro atoms. The lowest BCUT2D eigenvalue weighted by Gasteiger charge is -2.50. The standard InChI is InChI=1S/C74H133N3O32/c1-6-8-10-12-14-16-18-20-22-24-26-28-30-32-44(84)43(77-50(85)33-31-29-27-25-23-21-19-17-15-13-11-9-7-2)38-98-72-61(94)59(92)64(47(36-80)103-72)107-73-62(95)60(93)65(48(37-81)104-73)108-74-63(96)67(56(89)46(35-79)102-74)109-71-51(75-41(4)82)57(90)54(87)49(105-71)39-99-70-52(76-42(5)83)66(55(88)45(34-78)101-70)106-68-58(91)53(86)40(3)100-69(68)97/h30,32,40,43-49,51-74,78-81,84,86-97H,6-29,31,33-39H2,1-5H3,(H,75,82)(H,76,83)(H,77,85)/b32-30+/t40?,43-,44+,45?,46?,47?,48?,49?,51?,52?,53+,54-,55+,56-,57+,58?,59+,60+,61?,62?,63?,64+,65-,66+,67-,68-,69+,70+,71-,72+,73-,74-/m0/s1. The summed E-state index contributed by atoms with van der Waals surface area (Å²) < 4.78 is 70.4. The fraction of sp³-hybridized carbons (Fsp3) is 0.932. The summed E-state index contributed by atoms with van der Waals surface area (Å²) in [5.74, 6) is -1.93. The molecule has 6 aliphatic heterocycles. The van der Waals surface area contributed by atoms with Crippen molar-refractivity contribution in [2.75, 3.05) is 39.6 Å². The third kappa shape index (κ3) is 28.7. The van der Waals surface area contributed by atoms with E-state index in [0.717, 1.165) is 65.2 Å². The van der Waals surface area contributed by atoms with E-state index in [1.807, 2.05) is 6.08 Å². The van der Waals surface area contributed by atoms with Crippen LogP contribution in [0.4, 0.5) is 0 Å². The van der Waals surface area contributed by atoms with Crippen LogP contribution in [0.1, 0.15) is 202 Å². The number of rotatable bonds is 49. The fourth-order valence-corrected chi connectivity index (χ4v) is 14.7. The Morgan fingerprint density at radius 1 is 0.394 bits per heavy atom. The van der Waals surface area contributed by atoms with Crippen LogP contribution in [0.5, 0.6) is 0 Å². The average Bonchev–Trinajstić information content (AvgIpc) is 0.776. The van der Waals surface area contributed by atoms with Crippen LogP contribution in [0.25, 0.3) is 0 Å². The summed E-state index contributed by atoms with van der Waals surface area (Å²) in [5, 5.41) is 198. The Morgan fingerprint density at radius 3 is 1.33 bits per heavy atom. The summed E-state index contributed by atoms with van der Waals surface area (Å²) in [6.45, 7) is 2.69. The lowest BCUT2D eigenvalue weighted by atomic mass is 9.94. The number of hydrogen-bond acceptors (Lipinski definition) is 32. The van der Waals surface area contributed by atoms with Gasteiger partial charge in [0.15, 0.2) is 37.7 Å². The second kappa shape index (κ2) is 49.8. The number of unbranched alkanes of at least 4 members (excludes halogenated alkanes) is 23. The molecular weight excluding hydrogens is 1440 g/mol. The zero-order valence-corrected chi connectivity index (χ0v) is 64.0. The Labute approximate surface area is 639 Å². The maximum absolute atomic E-state index is 13.5. The molecule has 0 radical (unpaired) electrons. The Hall–Kier alpha value is -3.01. The van der Waals surface area contributed by atoms with Crippen molar-refractivity contribution in [3.63, 3.8) is 0 Å². The van der Waals surface area contributed by atoms with Gasteiger partial charge < -0.3 is 160 Å². The van der Waals surface area contributed by atoms with E-state index >= 15 is 0 Å². The maximum Gasteiger partial charge on any atom is 0.220 e. The van der Waals surface area contributed by atoms with Gasteiger partial charge in [0.25, 0.3) is 0 Å². The number of hydrogen-bond donors (Lipinski definition) is 20. The summed E-state index contributed by atoms with van der Waals surface area (Å²) in [7, 11) is 0. The number of ether oxygens (including phenoxy) is 12. The molecule has 6 fully saturated rings. The van der Waals surface area contributed by atoms with Crippen molar-refractivity contribution in [2.45, 2.75) is 398 Å². The lowest BCUT2D eigenvalue weighted by molar-refractivity contribution is -0.387. The average molecular weight is 1580 g/mol. The van der Waals surface area contributed by atoms with Crippen molar-refractivity contribution < 1.29 is 158 Å². The third-order valence-electron chi connectivity index (χ3n) is 21.2. The predicted molar refractivity (Wildman–Crippen MR) is 383 cm³/mol. The molecule has 20 N–H and O–H groups in total. The number of amides is 3. The van der Waals surface area contributed by atoms with Crippen LogP contribution >= 0.6 is 0 Å². The van der Waals surface area contributed by atoms with E-state index in [9.17, 15) is 101 Å². The van der Waals surface area contributed by atoms with E-state index in [1.54, 1.807) is 6.08 Å². The molecule has 0 aromatic carbocycles. The summed E-state index contributed by atoms with van der Waals surface area (Å²) in [5.41, 5.74) is 0. The minimum atomic E-state index is -2.24. The molecule has 12 unspecified atom stereocenters. The van der Waals surface area contributed by atoms with Crippen LogP contribution in [0.15, 0.2) is 12.2 Å². The second-order valence-corrected chi connectivity index (χ2v) is 30.0. The molecule has 6 saturated heterocycles. The number of aliphatic hydroxyl groups is 17. The van der Waals surface area contributed by atoms with E-state index in [0.29, 0.717) is 12.8 Å². The molecule has 6 heterocycles. The van der Waals surface area contributed by atoms with Crippen LogP contribution in [0.3, 0.4) is 0 Å². The molecule has 109 heavy (non-hydrogen) atoms. The van der Waals surface area contributed by atoms with E-state index in [-0.39, 0.29) is 12.3 Å². The highest BCUT2D eigenvalue weighted by molar-refractivity contribution is 5.76. The summed E-state index contributed by atoms with van der Waals surface area (Å²) in [6, 6.07) is -4.39. The number of nitrogens with one attached hydrogen (secondary N) is 3. The molecule has 32 atom stereocenters. The highest BCUT2D eigenvalue weighted by atomic mass is 16.8. The molecule has 6 rings (SSSR count). The van der Waals surface area contributed by atoms with Gasteiger partial charge in [-0.25, -0.2) is 0 Å². The van der Waals surface area contributed by atoms with Crippen LogP contribution in [0.2, 0.25) is 0 Å². The Bertz CT molecular complexity index is 2540. The molecular formula is C74H133N3O32. The normalized spacial score (nSPS) is 37.9. The second-order valence-electron chi connectivity index (χ2n) is 30.0. The number of carbonyl (C=O) groups is 3. The smallest absolute Gasteiger partial charge is 0.220 e. The molecule has 0 saturated carbocycles. The van der Waals surface area contributed by atoms with Gasteiger partial charge in [-0.2, -0.15) is 0 Å². The van der Waals surface area contributed by atoms with E-state index in [1.165, 1.54) is 103 Å². The predicted octanol–water partition coefficient (Wildman–Crippen LogP) is -2.18. The van der Waals surface area contributed by atoms with Crippen molar-refractivity contribution in [1.82, 2.24) is 16.0 Å². The van der Waals surface area contributed by atoms with Gasteiger partial charge >= 0.3 is 0 Å². The number of carbonyl (C=O) groups excluding carboxylic acids is 3. The summed E-state index contributed by atoms with van der Waals surface area (Å²) in [6.07, 6.45) is -21.3. The topological polar surface area (TPSA) is 542 Å². The Kier molecular flexibility index (Phi) is 43.3. The first kappa shape index (κ1) is 94.8. The zero-order chi connectivity index (χ0) is 79.9. The molecule has 35 nitrogen and oxygen atoms in total. The molecule has 0 aromatic rings. The summed E-state index contributed by atoms with van der Waals surface area (Å²) >= 11 is 0. The Balaban J connectivity index is 1.08. The zero-order valence-electron chi connectivity index (χ0n) is 64.0.